The first-order valence-electron chi connectivity index (χ1n) is 7.24. The zero-order valence-electron chi connectivity index (χ0n) is 12.1. The zero-order valence-corrected chi connectivity index (χ0v) is 12.1. The lowest BCUT2D eigenvalue weighted by Crippen LogP contribution is -2.54. The number of hydrogen-bond donors (Lipinski definition) is 1. The van der Waals surface area contributed by atoms with Crippen LogP contribution in [0.3, 0.4) is 0 Å². The lowest BCUT2D eigenvalue weighted by atomic mass is 9.91. The molecule has 1 heterocycles. The van der Waals surface area contributed by atoms with Gasteiger partial charge in [-0.2, -0.15) is 0 Å². The molecule has 1 aliphatic heterocycles. The molecule has 1 N–H and O–H groups in total. The van der Waals surface area contributed by atoms with E-state index in [1.807, 2.05) is 19.9 Å². The lowest BCUT2D eigenvalue weighted by molar-refractivity contribution is -0.151. The number of carboxylic acids is 1. The summed E-state index contributed by atoms with van der Waals surface area (Å²) in [6.45, 7) is 4.77. The van der Waals surface area contributed by atoms with Crippen molar-refractivity contribution >= 4 is 5.97 Å². The number of hydrogen-bond acceptors (Lipinski definition) is 2. The minimum atomic E-state index is -0.743. The van der Waals surface area contributed by atoms with E-state index in [4.69, 9.17) is 0 Å². The number of aliphatic carboxylic acids is 1. The molecular formula is C16H22FNO2. The molecule has 1 aliphatic rings. The summed E-state index contributed by atoms with van der Waals surface area (Å²) in [5.41, 5.74) is 0.173. The van der Waals surface area contributed by atoms with Gasteiger partial charge in [-0.1, -0.05) is 19.1 Å². The van der Waals surface area contributed by atoms with Gasteiger partial charge in [-0.15, -0.1) is 0 Å². The van der Waals surface area contributed by atoms with Crippen molar-refractivity contribution in [2.75, 3.05) is 6.54 Å². The Labute approximate surface area is 119 Å². The molecule has 0 bridgehead atoms. The van der Waals surface area contributed by atoms with Crippen molar-refractivity contribution in [1.29, 1.82) is 0 Å². The minimum Gasteiger partial charge on any atom is -0.480 e. The van der Waals surface area contributed by atoms with E-state index in [1.165, 1.54) is 12.1 Å². The van der Waals surface area contributed by atoms with Crippen molar-refractivity contribution in [2.24, 2.45) is 0 Å². The quantitative estimate of drug-likeness (QED) is 0.900. The van der Waals surface area contributed by atoms with Crippen molar-refractivity contribution in [2.45, 2.75) is 51.1 Å². The molecule has 0 spiro atoms. The van der Waals surface area contributed by atoms with Gasteiger partial charge in [0.1, 0.15) is 11.4 Å². The fraction of sp³-hybridized carbons (Fsp3) is 0.562. The second kappa shape index (κ2) is 5.92. The molecule has 0 saturated carbocycles. The Morgan fingerprint density at radius 2 is 2.30 bits per heavy atom. The standard InChI is InChI=1S/C16H22FNO2/c1-3-16(15(19)20)8-5-9-18(16)12(2)10-13-6-4-7-14(17)11-13/h4,6-7,11-12H,3,5,8-10H2,1-2H3,(H,19,20). The van der Waals surface area contributed by atoms with Crippen molar-refractivity contribution in [1.82, 2.24) is 4.90 Å². The number of carbonyl (C=O) groups is 1. The summed E-state index contributed by atoms with van der Waals surface area (Å²) in [5.74, 6) is -0.972. The molecule has 0 amide bonds. The number of likely N-dealkylation sites (tertiary alicyclic amines) is 1. The highest BCUT2D eigenvalue weighted by atomic mass is 19.1. The summed E-state index contributed by atoms with van der Waals surface area (Å²) in [6, 6.07) is 6.64. The molecule has 20 heavy (non-hydrogen) atoms. The minimum absolute atomic E-state index is 0.0929. The maximum Gasteiger partial charge on any atom is 0.324 e. The van der Waals surface area contributed by atoms with E-state index in [0.29, 0.717) is 19.3 Å². The van der Waals surface area contributed by atoms with Gasteiger partial charge in [0, 0.05) is 6.04 Å². The van der Waals surface area contributed by atoms with Crippen LogP contribution in [-0.2, 0) is 11.2 Å². The molecular weight excluding hydrogens is 257 g/mol. The van der Waals surface area contributed by atoms with Crippen LogP contribution in [0.1, 0.15) is 38.7 Å². The molecule has 0 aromatic heterocycles. The predicted octanol–water partition coefficient (Wildman–Crippen LogP) is 3.09. The van der Waals surface area contributed by atoms with Crippen molar-refractivity contribution in [3.8, 4) is 0 Å². The van der Waals surface area contributed by atoms with Crippen LogP contribution in [0.2, 0.25) is 0 Å². The van der Waals surface area contributed by atoms with Crippen LogP contribution in [0.5, 0.6) is 0 Å². The molecule has 1 aromatic carbocycles. The zero-order chi connectivity index (χ0) is 14.8. The molecule has 1 saturated heterocycles. The average molecular weight is 279 g/mol. The molecule has 4 heteroatoms. The van der Waals surface area contributed by atoms with E-state index < -0.39 is 11.5 Å². The predicted molar refractivity (Wildman–Crippen MR) is 76.2 cm³/mol. The summed E-state index contributed by atoms with van der Waals surface area (Å²) >= 11 is 0. The van der Waals surface area contributed by atoms with E-state index in [0.717, 1.165) is 18.5 Å². The van der Waals surface area contributed by atoms with E-state index >= 15 is 0 Å². The fourth-order valence-corrected chi connectivity index (χ4v) is 3.42. The number of benzene rings is 1. The van der Waals surface area contributed by atoms with Crippen LogP contribution in [0.4, 0.5) is 4.39 Å². The monoisotopic (exact) mass is 279 g/mol. The van der Waals surface area contributed by atoms with Gasteiger partial charge in [-0.25, -0.2) is 4.39 Å². The summed E-state index contributed by atoms with van der Waals surface area (Å²) in [5, 5.41) is 9.59. The first kappa shape index (κ1) is 15.0. The van der Waals surface area contributed by atoms with Gasteiger partial charge in [0.05, 0.1) is 0 Å². The smallest absolute Gasteiger partial charge is 0.324 e. The molecule has 0 radical (unpaired) electrons. The van der Waals surface area contributed by atoms with E-state index in [1.54, 1.807) is 6.07 Å². The number of rotatable bonds is 5. The van der Waals surface area contributed by atoms with Crippen LogP contribution in [0, 0.1) is 5.82 Å². The highest BCUT2D eigenvalue weighted by Gasteiger charge is 2.47. The van der Waals surface area contributed by atoms with Crippen molar-refractivity contribution < 1.29 is 14.3 Å². The summed E-state index contributed by atoms with van der Waals surface area (Å²) < 4.78 is 13.2. The fourth-order valence-electron chi connectivity index (χ4n) is 3.42. The van der Waals surface area contributed by atoms with Crippen LogP contribution in [-0.4, -0.2) is 34.1 Å². The van der Waals surface area contributed by atoms with Gasteiger partial charge in [-0.3, -0.25) is 9.69 Å². The largest absolute Gasteiger partial charge is 0.480 e. The van der Waals surface area contributed by atoms with Gasteiger partial charge in [0.2, 0.25) is 0 Å². The molecule has 110 valence electrons. The molecule has 0 aliphatic carbocycles. The van der Waals surface area contributed by atoms with E-state index in [9.17, 15) is 14.3 Å². The van der Waals surface area contributed by atoms with Gasteiger partial charge in [-0.05, 0) is 56.8 Å². The summed E-state index contributed by atoms with van der Waals surface area (Å²) in [4.78, 5) is 13.8. The highest BCUT2D eigenvalue weighted by Crippen LogP contribution is 2.35. The van der Waals surface area contributed by atoms with Gasteiger partial charge >= 0.3 is 5.97 Å². The lowest BCUT2D eigenvalue weighted by Gasteiger charge is -2.38. The SMILES string of the molecule is CCC1(C(=O)O)CCCN1C(C)Cc1cccc(F)c1. The topological polar surface area (TPSA) is 40.5 Å². The van der Waals surface area contributed by atoms with E-state index in [-0.39, 0.29) is 11.9 Å². The first-order chi connectivity index (χ1) is 9.49. The number of halogens is 1. The normalized spacial score (nSPS) is 24.8. The number of carboxylic acid groups (broad SMARTS) is 1. The second-order valence-electron chi connectivity index (χ2n) is 5.67. The van der Waals surface area contributed by atoms with Crippen LogP contribution in [0.15, 0.2) is 24.3 Å². The third kappa shape index (κ3) is 2.70. The number of nitrogens with zero attached hydrogens (tertiary/aromatic N) is 1. The van der Waals surface area contributed by atoms with Crippen LogP contribution >= 0.6 is 0 Å². The van der Waals surface area contributed by atoms with E-state index in [2.05, 4.69) is 4.90 Å². The van der Waals surface area contributed by atoms with Gasteiger partial charge in [0.25, 0.3) is 0 Å². The second-order valence-corrected chi connectivity index (χ2v) is 5.67. The van der Waals surface area contributed by atoms with Crippen LogP contribution in [0.25, 0.3) is 0 Å². The molecule has 2 atom stereocenters. The van der Waals surface area contributed by atoms with Crippen molar-refractivity contribution in [3.63, 3.8) is 0 Å². The van der Waals surface area contributed by atoms with Gasteiger partial charge < -0.3 is 5.11 Å². The highest BCUT2D eigenvalue weighted by molar-refractivity contribution is 5.79. The Hall–Kier alpha value is -1.42. The Morgan fingerprint density at radius 3 is 2.90 bits per heavy atom. The molecule has 2 unspecified atom stereocenters. The third-order valence-corrected chi connectivity index (χ3v) is 4.47. The third-order valence-electron chi connectivity index (χ3n) is 4.47. The summed E-state index contributed by atoms with van der Waals surface area (Å²) in [7, 11) is 0. The Morgan fingerprint density at radius 1 is 1.55 bits per heavy atom. The average Bonchev–Trinajstić information content (AvgIpc) is 2.83. The molecule has 1 aromatic rings. The maximum absolute atomic E-state index is 13.2. The Kier molecular flexibility index (Phi) is 4.43. The molecule has 1 fully saturated rings. The maximum atomic E-state index is 13.2. The van der Waals surface area contributed by atoms with Crippen molar-refractivity contribution in [3.05, 3.63) is 35.6 Å². The molecule has 3 nitrogen and oxygen atoms in total. The Balaban J connectivity index is 2.15. The van der Waals surface area contributed by atoms with Crippen LogP contribution < -0.4 is 0 Å². The molecule has 2 rings (SSSR count). The summed E-state index contributed by atoms with van der Waals surface area (Å²) in [6.07, 6.45) is 2.89. The Bertz CT molecular complexity index is 491. The first-order valence-corrected chi connectivity index (χ1v) is 7.24. The van der Waals surface area contributed by atoms with Gasteiger partial charge in [0.15, 0.2) is 0 Å².